The van der Waals surface area contributed by atoms with E-state index in [0.29, 0.717) is 25.7 Å². The highest BCUT2D eigenvalue weighted by Gasteiger charge is 2.30. The van der Waals surface area contributed by atoms with Crippen LogP contribution in [0, 0.1) is 5.92 Å². The van der Waals surface area contributed by atoms with Crippen molar-refractivity contribution >= 4 is 39.5 Å². The first kappa shape index (κ1) is 97.1. The number of ether oxygens (including phenoxy) is 4. The van der Waals surface area contributed by atoms with E-state index < -0.39 is 97.5 Å². The largest absolute Gasteiger partial charge is 0.472 e. The van der Waals surface area contributed by atoms with E-state index in [0.717, 1.165) is 109 Å². The minimum atomic E-state index is -4.96. The number of carbonyl (C=O) groups excluding carboxylic acids is 4. The van der Waals surface area contributed by atoms with Crippen LogP contribution in [-0.2, 0) is 65.4 Å². The lowest BCUT2D eigenvalue weighted by molar-refractivity contribution is -0.161. The Morgan fingerprint density at radius 1 is 0.273 bits per heavy atom. The molecule has 0 aromatic carbocycles. The fraction of sp³-hybridized carbons (Fsp3) is 0.950. The van der Waals surface area contributed by atoms with Gasteiger partial charge in [-0.25, -0.2) is 9.13 Å². The van der Waals surface area contributed by atoms with E-state index in [9.17, 15) is 43.2 Å². The van der Waals surface area contributed by atoms with Crippen molar-refractivity contribution in [2.75, 3.05) is 39.6 Å². The second-order valence-corrected chi connectivity index (χ2v) is 32.2. The van der Waals surface area contributed by atoms with Gasteiger partial charge in [0, 0.05) is 25.7 Å². The molecule has 17 nitrogen and oxygen atoms in total. The van der Waals surface area contributed by atoms with Crippen LogP contribution in [0.1, 0.15) is 426 Å². The standard InChI is InChI=1S/C80H156O17P2/c1-6-9-12-15-18-20-22-24-26-28-30-32-34-36-38-40-45-50-55-60-65-79(84)97-76(70-91-78(83)64-59-54-49-44-39-37-35-33-31-29-27-25-23-21-19-16-13-10-7-2)72-95-99(88,89)93-68-74(81)67-92-98(86,87)94-71-75(69-90-77(82)63-58-53-47-17-14-11-8-3)96-80(85)66-61-56-51-46-42-41-43-48-52-57-62-73(4)5/h73-76,81H,6-72H2,1-5H3,(H,86,87)(H,88,89)/t74-,75+,76+/m0/s1. The Morgan fingerprint density at radius 3 is 0.687 bits per heavy atom. The van der Waals surface area contributed by atoms with Gasteiger partial charge >= 0.3 is 39.5 Å². The normalized spacial score (nSPS) is 13.9. The summed E-state index contributed by atoms with van der Waals surface area (Å²) < 4.78 is 68.5. The van der Waals surface area contributed by atoms with Gasteiger partial charge in [-0.15, -0.1) is 0 Å². The number of aliphatic hydroxyl groups excluding tert-OH is 1. The molecular formula is C80H156O17P2. The monoisotopic (exact) mass is 1450 g/mol. The highest BCUT2D eigenvalue weighted by atomic mass is 31.2. The zero-order chi connectivity index (χ0) is 72.7. The second kappa shape index (κ2) is 73.0. The molecule has 19 heteroatoms. The molecule has 0 radical (unpaired) electrons. The van der Waals surface area contributed by atoms with Crippen molar-refractivity contribution in [2.24, 2.45) is 5.92 Å². The summed E-state index contributed by atoms with van der Waals surface area (Å²) >= 11 is 0. The summed E-state index contributed by atoms with van der Waals surface area (Å²) in [4.78, 5) is 72.8. The van der Waals surface area contributed by atoms with Crippen molar-refractivity contribution in [1.29, 1.82) is 0 Å². The summed E-state index contributed by atoms with van der Waals surface area (Å²) in [6.45, 7) is 7.26. The third-order valence-electron chi connectivity index (χ3n) is 18.8. The van der Waals surface area contributed by atoms with Gasteiger partial charge in [0.25, 0.3) is 0 Å². The lowest BCUT2D eigenvalue weighted by Gasteiger charge is -2.21. The third kappa shape index (κ3) is 74.1. The van der Waals surface area contributed by atoms with Gasteiger partial charge in [-0.1, -0.05) is 375 Å². The Balaban J connectivity index is 5.17. The molecule has 3 N–H and O–H groups in total. The van der Waals surface area contributed by atoms with Gasteiger partial charge in [-0.2, -0.15) is 0 Å². The fourth-order valence-corrected chi connectivity index (χ4v) is 14.0. The molecule has 5 atom stereocenters. The molecule has 0 spiro atoms. The van der Waals surface area contributed by atoms with Gasteiger partial charge in [-0.05, 0) is 31.6 Å². The van der Waals surface area contributed by atoms with Crippen LogP contribution in [0.4, 0.5) is 0 Å². The van der Waals surface area contributed by atoms with Crippen LogP contribution in [-0.4, -0.2) is 96.7 Å². The van der Waals surface area contributed by atoms with Crippen molar-refractivity contribution in [3.8, 4) is 0 Å². The van der Waals surface area contributed by atoms with E-state index in [1.807, 2.05) is 0 Å². The molecular weight excluding hydrogens is 1290 g/mol. The SMILES string of the molecule is CCCCCCCCCCCCCCCCCCCCCCC(=O)O[C@H](COC(=O)CCCCCCCCCCCCCCCCCCCCC)COP(=O)(O)OC[C@@H](O)COP(=O)(O)OC[C@@H](COC(=O)CCCCCCCCC)OC(=O)CCCCCCCCCCCCC(C)C. The average Bonchev–Trinajstić information content (AvgIpc) is 0.963. The maximum absolute atomic E-state index is 13.1. The molecule has 0 rings (SSSR count). The van der Waals surface area contributed by atoms with Crippen molar-refractivity contribution in [2.45, 2.75) is 445 Å². The van der Waals surface area contributed by atoms with Crippen molar-refractivity contribution < 1.29 is 80.2 Å². The molecule has 0 aliphatic heterocycles. The van der Waals surface area contributed by atoms with Crippen LogP contribution in [0.15, 0.2) is 0 Å². The predicted molar refractivity (Wildman–Crippen MR) is 405 cm³/mol. The van der Waals surface area contributed by atoms with E-state index >= 15 is 0 Å². The smallest absolute Gasteiger partial charge is 0.462 e. The minimum absolute atomic E-state index is 0.106. The number of rotatable bonds is 80. The molecule has 0 aliphatic rings. The van der Waals surface area contributed by atoms with E-state index in [1.54, 1.807) is 0 Å². The number of esters is 4. The molecule has 0 bridgehead atoms. The van der Waals surface area contributed by atoms with E-state index in [4.69, 9.17) is 37.0 Å². The van der Waals surface area contributed by atoms with Gasteiger partial charge < -0.3 is 33.8 Å². The molecule has 0 amide bonds. The van der Waals surface area contributed by atoms with Gasteiger partial charge in [0.2, 0.25) is 0 Å². The molecule has 0 fully saturated rings. The van der Waals surface area contributed by atoms with Crippen LogP contribution < -0.4 is 0 Å². The first-order valence-corrected chi connectivity index (χ1v) is 44.6. The Labute approximate surface area is 607 Å². The lowest BCUT2D eigenvalue weighted by Crippen LogP contribution is -2.30. The quantitative estimate of drug-likeness (QED) is 0.0222. The topological polar surface area (TPSA) is 237 Å². The summed E-state index contributed by atoms with van der Waals surface area (Å²) in [6, 6.07) is 0. The Bertz CT molecular complexity index is 1890. The highest BCUT2D eigenvalue weighted by Crippen LogP contribution is 2.45. The average molecular weight is 1450 g/mol. The zero-order valence-electron chi connectivity index (χ0n) is 64.6. The molecule has 99 heavy (non-hydrogen) atoms. The molecule has 588 valence electrons. The van der Waals surface area contributed by atoms with Crippen molar-refractivity contribution in [1.82, 2.24) is 0 Å². The van der Waals surface area contributed by atoms with Crippen LogP contribution >= 0.6 is 15.6 Å². The van der Waals surface area contributed by atoms with Crippen LogP contribution in [0.2, 0.25) is 0 Å². The number of hydrogen-bond donors (Lipinski definition) is 3. The Morgan fingerprint density at radius 2 is 0.465 bits per heavy atom. The second-order valence-electron chi connectivity index (χ2n) is 29.3. The van der Waals surface area contributed by atoms with Gasteiger partial charge in [0.1, 0.15) is 19.3 Å². The molecule has 2 unspecified atom stereocenters. The number of phosphoric acid groups is 2. The number of phosphoric ester groups is 2. The third-order valence-corrected chi connectivity index (χ3v) is 20.7. The maximum Gasteiger partial charge on any atom is 0.472 e. The van der Waals surface area contributed by atoms with Gasteiger partial charge in [0.05, 0.1) is 26.4 Å². The van der Waals surface area contributed by atoms with Crippen molar-refractivity contribution in [3.63, 3.8) is 0 Å². The van der Waals surface area contributed by atoms with Crippen LogP contribution in [0.3, 0.4) is 0 Å². The molecule has 0 saturated heterocycles. The molecule has 0 heterocycles. The molecule has 0 aliphatic carbocycles. The number of unbranched alkanes of at least 4 members (excludes halogenated alkanes) is 52. The minimum Gasteiger partial charge on any atom is -0.462 e. The number of aliphatic hydroxyl groups is 1. The van der Waals surface area contributed by atoms with Crippen LogP contribution in [0.25, 0.3) is 0 Å². The van der Waals surface area contributed by atoms with E-state index in [1.165, 1.54) is 238 Å². The summed E-state index contributed by atoms with van der Waals surface area (Å²) in [5, 5.41) is 10.6. The Hall–Kier alpha value is -1.94. The highest BCUT2D eigenvalue weighted by molar-refractivity contribution is 7.47. The Kier molecular flexibility index (Phi) is 71.6. The molecule has 0 aromatic heterocycles. The first-order valence-electron chi connectivity index (χ1n) is 41.6. The lowest BCUT2D eigenvalue weighted by atomic mass is 10.0. The predicted octanol–water partition coefficient (Wildman–Crippen LogP) is 24.0. The van der Waals surface area contributed by atoms with Gasteiger partial charge in [0.15, 0.2) is 12.2 Å². The number of carbonyl (C=O) groups is 4. The first-order chi connectivity index (χ1) is 48.0. The van der Waals surface area contributed by atoms with Crippen LogP contribution in [0.5, 0.6) is 0 Å². The van der Waals surface area contributed by atoms with Crippen molar-refractivity contribution in [3.05, 3.63) is 0 Å². The maximum atomic E-state index is 13.1. The molecule has 0 saturated carbocycles. The van der Waals surface area contributed by atoms with Gasteiger partial charge in [-0.3, -0.25) is 37.3 Å². The van der Waals surface area contributed by atoms with E-state index in [-0.39, 0.29) is 25.7 Å². The summed E-state index contributed by atoms with van der Waals surface area (Å²) in [7, 11) is -9.91. The summed E-state index contributed by atoms with van der Waals surface area (Å²) in [6.07, 6.45) is 64.1. The molecule has 0 aromatic rings. The fourth-order valence-electron chi connectivity index (χ4n) is 12.4. The number of hydrogen-bond acceptors (Lipinski definition) is 15. The van der Waals surface area contributed by atoms with E-state index in [2.05, 4.69) is 34.6 Å². The summed E-state index contributed by atoms with van der Waals surface area (Å²) in [5.74, 6) is -1.36. The summed E-state index contributed by atoms with van der Waals surface area (Å²) in [5.41, 5.74) is 0. The zero-order valence-corrected chi connectivity index (χ0v) is 66.4.